The third-order valence-corrected chi connectivity index (χ3v) is 6.85. The lowest BCUT2D eigenvalue weighted by molar-refractivity contribution is -0.394. The minimum absolute atomic E-state index is 0.00439. The van der Waals surface area contributed by atoms with Gasteiger partial charge in [0.05, 0.1) is 39.2 Å². The van der Waals surface area contributed by atoms with Crippen LogP contribution in [0.4, 0.5) is 17.1 Å². The van der Waals surface area contributed by atoms with Crippen molar-refractivity contribution in [1.29, 1.82) is 0 Å². The number of nitrogens with one attached hydrogen (secondary N) is 1. The molecule has 0 saturated carbocycles. The van der Waals surface area contributed by atoms with Crippen LogP contribution in [0.25, 0.3) is 0 Å². The molecule has 32 heavy (non-hydrogen) atoms. The average Bonchev–Trinajstić information content (AvgIpc) is 2.79. The molecule has 2 aromatic carbocycles. The Kier molecular flexibility index (Phi) is 6.69. The standard InChI is InChI=1S/C19H20N4O8S/c1-31-18-6-5-16(32(29,30)21-7-3-2-4-8-21)12-17(18)20-19(24)13-9-14(22(25)26)11-15(10-13)23(27)28/h5-6,9-12H,2-4,7-8H2,1H3,(H,20,24). The highest BCUT2D eigenvalue weighted by Gasteiger charge is 2.27. The van der Waals surface area contributed by atoms with E-state index in [0.717, 1.165) is 37.5 Å². The van der Waals surface area contributed by atoms with E-state index >= 15 is 0 Å². The smallest absolute Gasteiger partial charge is 0.277 e. The number of carbonyl (C=O) groups excluding carboxylic acids is 1. The van der Waals surface area contributed by atoms with Gasteiger partial charge in [-0.3, -0.25) is 25.0 Å². The van der Waals surface area contributed by atoms with Gasteiger partial charge in [-0.2, -0.15) is 4.31 Å². The lowest BCUT2D eigenvalue weighted by atomic mass is 10.1. The molecule has 1 heterocycles. The van der Waals surface area contributed by atoms with Gasteiger partial charge in [-0.25, -0.2) is 8.42 Å². The summed E-state index contributed by atoms with van der Waals surface area (Å²) in [4.78, 5) is 33.1. The Morgan fingerprint density at radius 3 is 2.12 bits per heavy atom. The number of benzene rings is 2. The Morgan fingerprint density at radius 2 is 1.59 bits per heavy atom. The van der Waals surface area contributed by atoms with E-state index in [0.29, 0.717) is 13.1 Å². The first-order chi connectivity index (χ1) is 15.1. The van der Waals surface area contributed by atoms with Crippen LogP contribution in [0.3, 0.4) is 0 Å². The average molecular weight is 464 g/mol. The van der Waals surface area contributed by atoms with E-state index in [2.05, 4.69) is 5.32 Å². The zero-order chi connectivity index (χ0) is 23.5. The first-order valence-corrected chi connectivity index (χ1v) is 11.0. The highest BCUT2D eigenvalue weighted by atomic mass is 32.2. The van der Waals surface area contributed by atoms with Crippen LogP contribution in [0.2, 0.25) is 0 Å². The van der Waals surface area contributed by atoms with E-state index in [9.17, 15) is 33.4 Å². The number of amides is 1. The second-order valence-electron chi connectivity index (χ2n) is 7.03. The number of hydrogen-bond donors (Lipinski definition) is 1. The fraction of sp³-hybridized carbons (Fsp3) is 0.316. The number of ether oxygens (including phenoxy) is 1. The van der Waals surface area contributed by atoms with Crippen LogP contribution in [0.1, 0.15) is 29.6 Å². The second-order valence-corrected chi connectivity index (χ2v) is 8.97. The first kappa shape index (κ1) is 23.1. The van der Waals surface area contributed by atoms with Gasteiger partial charge in [-0.15, -0.1) is 0 Å². The Hall–Kier alpha value is -3.58. The van der Waals surface area contributed by atoms with Crippen LogP contribution in [0, 0.1) is 20.2 Å². The maximum atomic E-state index is 13.0. The van der Waals surface area contributed by atoms with Gasteiger partial charge >= 0.3 is 0 Å². The van der Waals surface area contributed by atoms with E-state index in [-0.39, 0.29) is 21.9 Å². The molecule has 13 heteroatoms. The van der Waals surface area contributed by atoms with Gasteiger partial charge in [0.15, 0.2) is 0 Å². The van der Waals surface area contributed by atoms with Crippen molar-refractivity contribution in [1.82, 2.24) is 4.31 Å². The van der Waals surface area contributed by atoms with E-state index in [4.69, 9.17) is 4.74 Å². The highest BCUT2D eigenvalue weighted by Crippen LogP contribution is 2.31. The third-order valence-electron chi connectivity index (χ3n) is 4.96. The number of rotatable bonds is 7. The SMILES string of the molecule is COc1ccc(S(=O)(=O)N2CCCCC2)cc1NC(=O)c1cc([N+](=O)[O-])cc([N+](=O)[O-])c1. The summed E-state index contributed by atoms with van der Waals surface area (Å²) in [7, 11) is -2.48. The molecule has 0 atom stereocenters. The molecule has 3 rings (SSSR count). The van der Waals surface area contributed by atoms with Crippen LogP contribution in [-0.4, -0.2) is 48.7 Å². The van der Waals surface area contributed by atoms with Crippen molar-refractivity contribution in [3.63, 3.8) is 0 Å². The molecule has 0 aliphatic carbocycles. The molecule has 0 bridgehead atoms. The summed E-state index contributed by atoms with van der Waals surface area (Å²) in [6.45, 7) is 0.792. The lowest BCUT2D eigenvalue weighted by Crippen LogP contribution is -2.35. The molecule has 0 unspecified atom stereocenters. The predicted molar refractivity (Wildman–Crippen MR) is 113 cm³/mol. The van der Waals surface area contributed by atoms with E-state index < -0.39 is 37.2 Å². The van der Waals surface area contributed by atoms with E-state index in [1.54, 1.807) is 0 Å². The number of methoxy groups -OCH3 is 1. The molecule has 2 aromatic rings. The lowest BCUT2D eigenvalue weighted by Gasteiger charge is -2.26. The van der Waals surface area contributed by atoms with Crippen LogP contribution < -0.4 is 10.1 Å². The summed E-state index contributed by atoms with van der Waals surface area (Å²) in [5.41, 5.74) is -1.59. The number of sulfonamides is 1. The van der Waals surface area contributed by atoms with Crippen LogP contribution >= 0.6 is 0 Å². The number of nitro benzene ring substituents is 2. The molecular formula is C19H20N4O8S. The summed E-state index contributed by atoms with van der Waals surface area (Å²) in [5, 5.41) is 24.6. The van der Waals surface area contributed by atoms with E-state index in [1.165, 1.54) is 29.6 Å². The summed E-state index contributed by atoms with van der Waals surface area (Å²) in [6, 6.07) is 6.49. The van der Waals surface area contributed by atoms with Gasteiger partial charge in [0.25, 0.3) is 17.3 Å². The molecular weight excluding hydrogens is 444 g/mol. The molecule has 0 radical (unpaired) electrons. The summed E-state index contributed by atoms with van der Waals surface area (Å²) in [6.07, 6.45) is 2.46. The number of piperidine rings is 1. The minimum atomic E-state index is -3.80. The zero-order valence-electron chi connectivity index (χ0n) is 17.0. The molecule has 170 valence electrons. The van der Waals surface area contributed by atoms with Crippen molar-refractivity contribution in [2.45, 2.75) is 24.2 Å². The third kappa shape index (κ3) is 4.84. The quantitative estimate of drug-likeness (QED) is 0.483. The molecule has 0 aromatic heterocycles. The Balaban J connectivity index is 1.96. The van der Waals surface area contributed by atoms with Crippen LogP contribution in [-0.2, 0) is 10.0 Å². The van der Waals surface area contributed by atoms with Gasteiger partial charge in [0, 0.05) is 25.2 Å². The molecule has 12 nitrogen and oxygen atoms in total. The van der Waals surface area contributed by atoms with Gasteiger partial charge in [-0.05, 0) is 31.0 Å². The number of non-ortho nitro benzene ring substituents is 2. The summed E-state index contributed by atoms with van der Waals surface area (Å²) >= 11 is 0. The second kappa shape index (κ2) is 9.28. The van der Waals surface area contributed by atoms with Crippen LogP contribution in [0.15, 0.2) is 41.3 Å². The van der Waals surface area contributed by atoms with Crippen molar-refractivity contribution in [2.24, 2.45) is 0 Å². The molecule has 1 amide bonds. The Morgan fingerprint density at radius 1 is 1.00 bits per heavy atom. The molecule has 1 saturated heterocycles. The van der Waals surface area contributed by atoms with Crippen molar-refractivity contribution < 1.29 is 27.8 Å². The monoisotopic (exact) mass is 464 g/mol. The molecule has 1 fully saturated rings. The first-order valence-electron chi connectivity index (χ1n) is 9.57. The number of nitrogens with zero attached hydrogens (tertiary/aromatic N) is 3. The van der Waals surface area contributed by atoms with Crippen molar-refractivity contribution in [3.05, 3.63) is 62.2 Å². The number of nitro groups is 2. The summed E-state index contributed by atoms with van der Waals surface area (Å²) in [5.74, 6) is -0.751. The van der Waals surface area contributed by atoms with Crippen molar-refractivity contribution in [2.75, 3.05) is 25.5 Å². The van der Waals surface area contributed by atoms with Gasteiger partial charge in [-0.1, -0.05) is 6.42 Å². The zero-order valence-corrected chi connectivity index (χ0v) is 17.8. The fourth-order valence-electron chi connectivity index (χ4n) is 3.33. The van der Waals surface area contributed by atoms with Gasteiger partial charge < -0.3 is 10.1 Å². The molecule has 1 aliphatic heterocycles. The topological polar surface area (TPSA) is 162 Å². The summed E-state index contributed by atoms with van der Waals surface area (Å²) < 4.78 is 32.5. The van der Waals surface area contributed by atoms with Gasteiger partial charge in [0.2, 0.25) is 10.0 Å². The molecule has 1 aliphatic rings. The molecule has 0 spiro atoms. The largest absolute Gasteiger partial charge is 0.495 e. The normalized spacial score (nSPS) is 14.5. The van der Waals surface area contributed by atoms with E-state index in [1.807, 2.05) is 0 Å². The van der Waals surface area contributed by atoms with Crippen LogP contribution in [0.5, 0.6) is 5.75 Å². The maximum Gasteiger partial charge on any atom is 0.277 e. The number of anilines is 1. The van der Waals surface area contributed by atoms with Crippen molar-refractivity contribution in [3.8, 4) is 5.75 Å². The fourth-order valence-corrected chi connectivity index (χ4v) is 4.87. The predicted octanol–water partition coefficient (Wildman–Crippen LogP) is 2.94. The minimum Gasteiger partial charge on any atom is -0.495 e. The Labute approximate surface area is 183 Å². The maximum absolute atomic E-state index is 13.0. The Bertz CT molecular complexity index is 1140. The van der Waals surface area contributed by atoms with Gasteiger partial charge in [0.1, 0.15) is 5.75 Å². The highest BCUT2D eigenvalue weighted by molar-refractivity contribution is 7.89. The molecule has 1 N–H and O–H groups in total. The number of carbonyl (C=O) groups is 1. The number of hydrogen-bond acceptors (Lipinski definition) is 8. The van der Waals surface area contributed by atoms with Crippen molar-refractivity contribution >= 4 is 33.0 Å².